The quantitative estimate of drug-likeness (QED) is 0.872. The monoisotopic (exact) mass is 331 g/mol. The highest BCUT2D eigenvalue weighted by molar-refractivity contribution is 9.11. The van der Waals surface area contributed by atoms with E-state index in [0.29, 0.717) is 0 Å². The summed E-state index contributed by atoms with van der Waals surface area (Å²) in [6.45, 7) is -0.412. The molecule has 0 aliphatic heterocycles. The van der Waals surface area contributed by atoms with Gasteiger partial charge in [0.15, 0.2) is 5.92 Å². The Kier molecular flexibility index (Phi) is 4.96. The summed E-state index contributed by atoms with van der Waals surface area (Å²) in [6, 6.07) is 3.53. The van der Waals surface area contributed by atoms with Crippen LogP contribution >= 0.6 is 27.3 Å². The van der Waals surface area contributed by atoms with E-state index in [2.05, 4.69) is 21.2 Å². The zero-order valence-corrected chi connectivity index (χ0v) is 10.8. The van der Waals surface area contributed by atoms with Crippen molar-refractivity contribution < 1.29 is 23.1 Å². The minimum Gasteiger partial charge on any atom is -0.481 e. The molecule has 1 aromatic rings. The van der Waals surface area contributed by atoms with Gasteiger partial charge in [-0.2, -0.15) is 13.2 Å². The summed E-state index contributed by atoms with van der Waals surface area (Å²) in [4.78, 5) is 11.3. The van der Waals surface area contributed by atoms with E-state index in [-0.39, 0.29) is 6.54 Å². The van der Waals surface area contributed by atoms with Crippen LogP contribution in [0.1, 0.15) is 4.88 Å². The van der Waals surface area contributed by atoms with Gasteiger partial charge in [0, 0.05) is 18.0 Å². The lowest BCUT2D eigenvalue weighted by Gasteiger charge is -2.16. The van der Waals surface area contributed by atoms with Gasteiger partial charge in [-0.15, -0.1) is 11.3 Å². The van der Waals surface area contributed by atoms with Crippen molar-refractivity contribution in [2.45, 2.75) is 12.7 Å². The number of carboxylic acid groups (broad SMARTS) is 1. The summed E-state index contributed by atoms with van der Waals surface area (Å²) >= 11 is 4.61. The van der Waals surface area contributed by atoms with E-state index in [1.807, 2.05) is 0 Å². The van der Waals surface area contributed by atoms with E-state index in [0.717, 1.165) is 8.66 Å². The van der Waals surface area contributed by atoms with Gasteiger partial charge in [0.05, 0.1) is 3.79 Å². The zero-order chi connectivity index (χ0) is 13.1. The smallest absolute Gasteiger partial charge is 0.403 e. The molecule has 0 aliphatic carbocycles. The number of hydrogen-bond acceptors (Lipinski definition) is 3. The highest BCUT2D eigenvalue weighted by atomic mass is 79.9. The lowest BCUT2D eigenvalue weighted by atomic mass is 10.1. The lowest BCUT2D eigenvalue weighted by molar-refractivity contribution is -0.192. The normalized spacial score (nSPS) is 13.6. The summed E-state index contributed by atoms with van der Waals surface area (Å²) in [5.41, 5.74) is 0. The zero-order valence-electron chi connectivity index (χ0n) is 8.42. The topological polar surface area (TPSA) is 49.3 Å². The van der Waals surface area contributed by atoms with E-state index < -0.39 is 24.6 Å². The van der Waals surface area contributed by atoms with Gasteiger partial charge < -0.3 is 10.4 Å². The lowest BCUT2D eigenvalue weighted by Crippen LogP contribution is -2.38. The molecular weight excluding hydrogens is 323 g/mol. The summed E-state index contributed by atoms with van der Waals surface area (Å²) < 4.78 is 37.7. The summed E-state index contributed by atoms with van der Waals surface area (Å²) in [5.74, 6) is -4.23. The fourth-order valence-corrected chi connectivity index (χ4v) is 2.58. The molecule has 0 fully saturated rings. The van der Waals surface area contributed by atoms with Crippen molar-refractivity contribution in [2.75, 3.05) is 6.54 Å². The Balaban J connectivity index is 2.46. The van der Waals surface area contributed by atoms with Gasteiger partial charge in [0.2, 0.25) is 0 Å². The first kappa shape index (κ1) is 14.5. The Morgan fingerprint density at radius 3 is 2.59 bits per heavy atom. The van der Waals surface area contributed by atoms with Crippen molar-refractivity contribution in [1.29, 1.82) is 0 Å². The fraction of sp³-hybridized carbons (Fsp3) is 0.444. The molecule has 8 heteroatoms. The van der Waals surface area contributed by atoms with Crippen LogP contribution in [0, 0.1) is 5.92 Å². The molecule has 96 valence electrons. The molecule has 0 radical (unpaired) electrons. The van der Waals surface area contributed by atoms with E-state index >= 15 is 0 Å². The number of rotatable bonds is 5. The van der Waals surface area contributed by atoms with Crippen LogP contribution in [0.3, 0.4) is 0 Å². The van der Waals surface area contributed by atoms with Gasteiger partial charge >= 0.3 is 12.1 Å². The predicted molar refractivity (Wildman–Crippen MR) is 60.9 cm³/mol. The van der Waals surface area contributed by atoms with Crippen molar-refractivity contribution >= 4 is 33.2 Å². The summed E-state index contributed by atoms with van der Waals surface area (Å²) in [6.07, 6.45) is -4.73. The molecule has 0 spiro atoms. The molecule has 17 heavy (non-hydrogen) atoms. The average molecular weight is 332 g/mol. The largest absolute Gasteiger partial charge is 0.481 e. The number of nitrogens with one attached hydrogen (secondary N) is 1. The fourth-order valence-electron chi connectivity index (χ4n) is 1.13. The molecule has 3 nitrogen and oxygen atoms in total. The first-order chi connectivity index (χ1) is 7.80. The maximum absolute atomic E-state index is 12.3. The van der Waals surface area contributed by atoms with Crippen LogP contribution in [-0.4, -0.2) is 23.8 Å². The maximum atomic E-state index is 12.3. The number of aliphatic carboxylic acids is 1. The van der Waals surface area contributed by atoms with Gasteiger partial charge in [0.25, 0.3) is 0 Å². The van der Waals surface area contributed by atoms with Crippen molar-refractivity contribution in [1.82, 2.24) is 5.32 Å². The average Bonchev–Trinajstić information content (AvgIpc) is 2.56. The van der Waals surface area contributed by atoms with Crippen LogP contribution in [0.25, 0.3) is 0 Å². The van der Waals surface area contributed by atoms with Gasteiger partial charge in [0.1, 0.15) is 0 Å². The van der Waals surface area contributed by atoms with Gasteiger partial charge in [-0.05, 0) is 28.1 Å². The number of hydrogen-bond donors (Lipinski definition) is 2. The Labute approximate surface area is 108 Å². The van der Waals surface area contributed by atoms with Crippen LogP contribution in [0.15, 0.2) is 15.9 Å². The van der Waals surface area contributed by atoms with E-state index in [9.17, 15) is 18.0 Å². The Hall–Kier alpha value is -0.600. The summed E-state index contributed by atoms with van der Waals surface area (Å²) in [7, 11) is 0. The van der Waals surface area contributed by atoms with Crippen molar-refractivity contribution in [3.05, 3.63) is 20.8 Å². The molecule has 0 amide bonds. The van der Waals surface area contributed by atoms with Crippen LogP contribution in [0.5, 0.6) is 0 Å². The van der Waals surface area contributed by atoms with Crippen molar-refractivity contribution in [3.8, 4) is 0 Å². The van der Waals surface area contributed by atoms with Crippen molar-refractivity contribution in [3.63, 3.8) is 0 Å². The molecule has 1 aromatic heterocycles. The number of alkyl halides is 3. The third-order valence-electron chi connectivity index (χ3n) is 1.97. The molecular formula is C9H9BrF3NO2S. The van der Waals surface area contributed by atoms with Crippen LogP contribution < -0.4 is 5.32 Å². The minimum absolute atomic E-state index is 0.218. The SMILES string of the molecule is O=C(O)C(CNCc1ccc(Br)s1)C(F)(F)F. The molecule has 1 heterocycles. The predicted octanol–water partition coefficient (Wildman–Crippen LogP) is 2.86. The van der Waals surface area contributed by atoms with E-state index in [4.69, 9.17) is 5.11 Å². The van der Waals surface area contributed by atoms with Crippen molar-refractivity contribution in [2.24, 2.45) is 5.92 Å². The highest BCUT2D eigenvalue weighted by Crippen LogP contribution is 2.26. The number of thiophene rings is 1. The highest BCUT2D eigenvalue weighted by Gasteiger charge is 2.44. The third-order valence-corrected chi connectivity index (χ3v) is 3.59. The molecule has 1 rings (SSSR count). The molecule has 0 bridgehead atoms. The molecule has 1 unspecified atom stereocenters. The van der Waals surface area contributed by atoms with Gasteiger partial charge in [-0.1, -0.05) is 0 Å². The second kappa shape index (κ2) is 5.83. The van der Waals surface area contributed by atoms with Crippen LogP contribution in [0.4, 0.5) is 13.2 Å². The maximum Gasteiger partial charge on any atom is 0.403 e. The number of halogens is 4. The summed E-state index contributed by atoms with van der Waals surface area (Å²) in [5, 5.41) is 10.9. The third kappa shape index (κ3) is 4.64. The Morgan fingerprint density at radius 2 is 2.18 bits per heavy atom. The number of carbonyl (C=O) groups is 1. The molecule has 0 saturated carbocycles. The van der Waals surface area contributed by atoms with E-state index in [1.54, 1.807) is 12.1 Å². The standard InChI is InChI=1S/C9H9BrF3NO2S/c10-7-2-1-5(17-7)3-14-4-6(8(15)16)9(11,12)13/h1-2,6,14H,3-4H2,(H,15,16). The molecule has 0 aromatic carbocycles. The van der Waals surface area contributed by atoms with Gasteiger partial charge in [-0.3, -0.25) is 4.79 Å². The molecule has 0 aliphatic rings. The molecule has 1 atom stereocenters. The Morgan fingerprint density at radius 1 is 1.53 bits per heavy atom. The number of carboxylic acids is 1. The molecule has 0 saturated heterocycles. The first-order valence-corrected chi connectivity index (χ1v) is 6.16. The van der Waals surface area contributed by atoms with Gasteiger partial charge in [-0.25, -0.2) is 0 Å². The molecule has 2 N–H and O–H groups in total. The van der Waals surface area contributed by atoms with E-state index in [1.165, 1.54) is 11.3 Å². The first-order valence-electron chi connectivity index (χ1n) is 4.55. The second-order valence-corrected chi connectivity index (χ2v) is 5.82. The second-order valence-electron chi connectivity index (χ2n) is 3.27. The Bertz CT molecular complexity index is 394. The van der Waals surface area contributed by atoms with Crippen LogP contribution in [-0.2, 0) is 11.3 Å². The minimum atomic E-state index is -4.73. The van der Waals surface area contributed by atoms with Crippen LogP contribution in [0.2, 0.25) is 0 Å².